The maximum Gasteiger partial charge on any atom is 0.354 e. The minimum absolute atomic E-state index is 0.326. The van der Waals surface area contributed by atoms with Crippen molar-refractivity contribution in [3.05, 3.63) is 17.3 Å². The van der Waals surface area contributed by atoms with Gasteiger partial charge in [0.15, 0.2) is 0 Å². The fourth-order valence-electron chi connectivity index (χ4n) is 1.07. The van der Waals surface area contributed by atoms with Crippen molar-refractivity contribution in [1.82, 2.24) is 9.97 Å². The molecule has 2 aromatic heterocycles. The third-order valence-electron chi connectivity index (χ3n) is 1.62. The summed E-state index contributed by atoms with van der Waals surface area (Å²) in [5.41, 5.74) is 3.01. The molecule has 0 radical (unpaired) electrons. The Morgan fingerprint density at radius 1 is 1.77 bits per heavy atom. The van der Waals surface area contributed by atoms with Crippen LogP contribution in [0.15, 0.2) is 11.6 Å². The van der Waals surface area contributed by atoms with Crippen LogP contribution in [-0.2, 0) is 4.74 Å². The largest absolute Gasteiger partial charge is 0.461 e. The Labute approximate surface area is 78.6 Å². The molecule has 1 N–H and O–H groups in total. The Hall–Kier alpha value is -1.36. The van der Waals surface area contributed by atoms with Crippen molar-refractivity contribution in [1.29, 1.82) is 0 Å². The molecule has 0 saturated heterocycles. The minimum Gasteiger partial charge on any atom is -0.461 e. The SMILES string of the molecule is CCOC(=O)c1cc2ncsc2[nH]1. The zero-order chi connectivity index (χ0) is 9.26. The van der Waals surface area contributed by atoms with Gasteiger partial charge in [0.25, 0.3) is 0 Å². The van der Waals surface area contributed by atoms with E-state index in [1.54, 1.807) is 18.5 Å². The number of aromatic amines is 1. The Bertz CT molecular complexity index is 403. The van der Waals surface area contributed by atoms with Crippen LogP contribution in [0.3, 0.4) is 0 Å². The normalized spacial score (nSPS) is 10.5. The van der Waals surface area contributed by atoms with Crippen LogP contribution in [0.1, 0.15) is 17.4 Å². The highest BCUT2D eigenvalue weighted by molar-refractivity contribution is 7.16. The van der Waals surface area contributed by atoms with E-state index >= 15 is 0 Å². The molecule has 4 nitrogen and oxygen atoms in total. The van der Waals surface area contributed by atoms with E-state index in [1.165, 1.54) is 11.3 Å². The molecule has 0 aliphatic heterocycles. The summed E-state index contributed by atoms with van der Waals surface area (Å²) < 4.78 is 4.83. The van der Waals surface area contributed by atoms with Crippen LogP contribution >= 0.6 is 11.3 Å². The molecule has 0 unspecified atom stereocenters. The number of esters is 1. The second kappa shape index (κ2) is 3.18. The van der Waals surface area contributed by atoms with Gasteiger partial charge in [-0.15, -0.1) is 11.3 Å². The lowest BCUT2D eigenvalue weighted by atomic mass is 10.4. The fourth-order valence-corrected chi connectivity index (χ4v) is 1.74. The van der Waals surface area contributed by atoms with Gasteiger partial charge >= 0.3 is 5.97 Å². The Morgan fingerprint density at radius 3 is 3.31 bits per heavy atom. The van der Waals surface area contributed by atoms with Gasteiger partial charge < -0.3 is 9.72 Å². The van der Waals surface area contributed by atoms with E-state index in [1.807, 2.05) is 0 Å². The second-order valence-corrected chi connectivity index (χ2v) is 3.32. The molecule has 2 rings (SSSR count). The highest BCUT2D eigenvalue weighted by atomic mass is 32.1. The smallest absolute Gasteiger partial charge is 0.354 e. The fraction of sp³-hybridized carbons (Fsp3) is 0.250. The standard InChI is InChI=1S/C8H8N2O2S/c1-2-12-8(11)6-3-5-7(10-6)13-4-9-5/h3-4,10H,2H2,1H3. The van der Waals surface area contributed by atoms with Gasteiger partial charge in [-0.05, 0) is 13.0 Å². The van der Waals surface area contributed by atoms with Gasteiger partial charge in [0, 0.05) is 0 Å². The van der Waals surface area contributed by atoms with Crippen molar-refractivity contribution in [2.75, 3.05) is 6.61 Å². The number of thiazole rings is 1. The van der Waals surface area contributed by atoms with Gasteiger partial charge in [0.05, 0.1) is 12.1 Å². The monoisotopic (exact) mass is 196 g/mol. The molecule has 0 aliphatic carbocycles. The third-order valence-corrected chi connectivity index (χ3v) is 2.38. The summed E-state index contributed by atoms with van der Waals surface area (Å²) in [4.78, 5) is 19.1. The highest BCUT2D eigenvalue weighted by Gasteiger charge is 2.10. The number of hydrogen-bond acceptors (Lipinski definition) is 4. The van der Waals surface area contributed by atoms with Gasteiger partial charge in [-0.1, -0.05) is 0 Å². The molecule has 5 heteroatoms. The molecule has 0 amide bonds. The van der Waals surface area contributed by atoms with Crippen LogP contribution in [-0.4, -0.2) is 22.5 Å². The molecule has 2 aromatic rings. The zero-order valence-corrected chi connectivity index (χ0v) is 7.85. The molecule has 0 bridgehead atoms. The number of carbonyl (C=O) groups excluding carboxylic acids is 1. The second-order valence-electron chi connectivity index (χ2n) is 2.47. The van der Waals surface area contributed by atoms with Crippen molar-refractivity contribution in [3.8, 4) is 0 Å². The summed E-state index contributed by atoms with van der Waals surface area (Å²) in [6.07, 6.45) is 0. The Morgan fingerprint density at radius 2 is 2.62 bits per heavy atom. The van der Waals surface area contributed by atoms with Crippen molar-refractivity contribution < 1.29 is 9.53 Å². The Kier molecular flexibility index (Phi) is 2.02. The van der Waals surface area contributed by atoms with Gasteiger partial charge in [0.2, 0.25) is 0 Å². The quantitative estimate of drug-likeness (QED) is 0.745. The molecule has 0 aliphatic rings. The summed E-state index contributed by atoms with van der Waals surface area (Å²) in [7, 11) is 0. The predicted molar refractivity (Wildman–Crippen MR) is 49.9 cm³/mol. The highest BCUT2D eigenvalue weighted by Crippen LogP contribution is 2.18. The van der Waals surface area contributed by atoms with E-state index < -0.39 is 0 Å². The van der Waals surface area contributed by atoms with Gasteiger partial charge in [-0.25, -0.2) is 9.78 Å². The van der Waals surface area contributed by atoms with E-state index in [4.69, 9.17) is 4.74 Å². The first-order valence-corrected chi connectivity index (χ1v) is 4.78. The summed E-state index contributed by atoms with van der Waals surface area (Å²) in [5.74, 6) is -0.326. The average molecular weight is 196 g/mol. The number of nitrogens with zero attached hydrogens (tertiary/aromatic N) is 1. The van der Waals surface area contributed by atoms with Crippen molar-refractivity contribution in [3.63, 3.8) is 0 Å². The zero-order valence-electron chi connectivity index (χ0n) is 7.03. The average Bonchev–Trinajstić information content (AvgIpc) is 2.61. The van der Waals surface area contributed by atoms with Crippen LogP contribution < -0.4 is 0 Å². The lowest BCUT2D eigenvalue weighted by Gasteiger charge is -1.96. The lowest BCUT2D eigenvalue weighted by Crippen LogP contribution is -2.04. The summed E-state index contributed by atoms with van der Waals surface area (Å²) in [5, 5.41) is 0. The van der Waals surface area contributed by atoms with Gasteiger partial charge in [-0.2, -0.15) is 0 Å². The van der Waals surface area contributed by atoms with Gasteiger partial charge in [0.1, 0.15) is 16.0 Å². The maximum atomic E-state index is 11.2. The molecule has 0 saturated carbocycles. The van der Waals surface area contributed by atoms with E-state index in [-0.39, 0.29) is 5.97 Å². The van der Waals surface area contributed by atoms with Crippen LogP contribution in [0.4, 0.5) is 0 Å². The van der Waals surface area contributed by atoms with Gasteiger partial charge in [-0.3, -0.25) is 0 Å². The number of rotatable bonds is 2. The van der Waals surface area contributed by atoms with E-state index in [0.29, 0.717) is 12.3 Å². The molecule has 13 heavy (non-hydrogen) atoms. The number of nitrogens with one attached hydrogen (secondary N) is 1. The topological polar surface area (TPSA) is 55.0 Å². The first kappa shape index (κ1) is 8.25. The van der Waals surface area contributed by atoms with Crippen LogP contribution in [0.5, 0.6) is 0 Å². The summed E-state index contributed by atoms with van der Waals surface area (Å²) in [6, 6.07) is 1.70. The number of ether oxygens (including phenoxy) is 1. The lowest BCUT2D eigenvalue weighted by molar-refractivity contribution is 0.0520. The molecule has 0 fully saturated rings. The number of H-pyrrole nitrogens is 1. The number of carbonyl (C=O) groups is 1. The predicted octanol–water partition coefficient (Wildman–Crippen LogP) is 1.80. The van der Waals surface area contributed by atoms with Crippen LogP contribution in [0, 0.1) is 0 Å². The molecular formula is C8H8N2O2S. The maximum absolute atomic E-state index is 11.2. The van der Waals surface area contributed by atoms with Crippen LogP contribution in [0.25, 0.3) is 10.3 Å². The molecule has 0 atom stereocenters. The molecule has 0 aromatic carbocycles. The number of hydrogen-bond donors (Lipinski definition) is 1. The van der Waals surface area contributed by atoms with E-state index in [9.17, 15) is 4.79 Å². The molecule has 2 heterocycles. The number of aromatic nitrogens is 2. The molecular weight excluding hydrogens is 188 g/mol. The van der Waals surface area contributed by atoms with Crippen molar-refractivity contribution >= 4 is 27.7 Å². The molecule has 0 spiro atoms. The summed E-state index contributed by atoms with van der Waals surface area (Å²) in [6.45, 7) is 2.17. The van der Waals surface area contributed by atoms with E-state index in [0.717, 1.165) is 10.3 Å². The minimum atomic E-state index is -0.326. The van der Waals surface area contributed by atoms with E-state index in [2.05, 4.69) is 9.97 Å². The number of fused-ring (bicyclic) bond motifs is 1. The molecule has 68 valence electrons. The van der Waals surface area contributed by atoms with Crippen LogP contribution in [0.2, 0.25) is 0 Å². The summed E-state index contributed by atoms with van der Waals surface area (Å²) >= 11 is 1.47. The van der Waals surface area contributed by atoms with Crippen molar-refractivity contribution in [2.24, 2.45) is 0 Å². The Balaban J connectivity index is 2.34. The third kappa shape index (κ3) is 1.42. The van der Waals surface area contributed by atoms with Crippen molar-refractivity contribution in [2.45, 2.75) is 6.92 Å². The first-order valence-electron chi connectivity index (χ1n) is 3.90. The first-order chi connectivity index (χ1) is 6.31.